The Kier molecular flexibility index (Phi) is 4.76. The average Bonchev–Trinajstić information content (AvgIpc) is 2.96. The van der Waals surface area contributed by atoms with Crippen LogP contribution in [0.1, 0.15) is 18.9 Å². The number of nitrogens with zero attached hydrogens (tertiary/aromatic N) is 3. The van der Waals surface area contributed by atoms with E-state index in [0.717, 1.165) is 30.8 Å². The second kappa shape index (κ2) is 6.75. The number of rotatable bonds is 6. The molecule has 0 aliphatic rings. The number of hydrogen-bond donors (Lipinski definition) is 1. The van der Waals surface area contributed by atoms with Crippen molar-refractivity contribution in [2.45, 2.75) is 19.9 Å². The lowest BCUT2D eigenvalue weighted by molar-refractivity contribution is 0.407. The summed E-state index contributed by atoms with van der Waals surface area (Å²) < 4.78 is 7.08. The highest BCUT2D eigenvalue weighted by Crippen LogP contribution is 2.23. The highest BCUT2D eigenvalue weighted by molar-refractivity contribution is 6.01. The largest absolute Gasteiger partial charge is 0.507 e. The molecule has 0 aliphatic carbocycles. The number of ether oxygens (including phenoxy) is 1. The van der Waals surface area contributed by atoms with Crippen molar-refractivity contribution in [3.05, 3.63) is 42.5 Å². The van der Waals surface area contributed by atoms with Gasteiger partial charge in [0, 0.05) is 42.8 Å². The zero-order valence-corrected chi connectivity index (χ0v) is 11.8. The molecular formula is C15H19N3O2. The van der Waals surface area contributed by atoms with Gasteiger partial charge in [-0.3, -0.25) is 4.99 Å². The van der Waals surface area contributed by atoms with Gasteiger partial charge in [0.25, 0.3) is 0 Å². The van der Waals surface area contributed by atoms with Crippen molar-refractivity contribution in [1.82, 2.24) is 9.55 Å². The van der Waals surface area contributed by atoms with Crippen LogP contribution < -0.4 is 4.74 Å². The van der Waals surface area contributed by atoms with E-state index in [1.54, 1.807) is 25.7 Å². The lowest BCUT2D eigenvalue weighted by Gasteiger charge is -2.07. The van der Waals surface area contributed by atoms with E-state index in [-0.39, 0.29) is 5.75 Å². The summed E-state index contributed by atoms with van der Waals surface area (Å²) in [5, 5.41) is 9.93. The second-order valence-corrected chi connectivity index (χ2v) is 4.50. The summed E-state index contributed by atoms with van der Waals surface area (Å²) >= 11 is 0. The van der Waals surface area contributed by atoms with E-state index in [2.05, 4.69) is 9.98 Å². The van der Waals surface area contributed by atoms with Crippen LogP contribution in [0.2, 0.25) is 0 Å². The minimum atomic E-state index is 0.195. The highest BCUT2D eigenvalue weighted by atomic mass is 16.5. The molecule has 0 aliphatic heterocycles. The molecule has 0 fully saturated rings. The third-order valence-corrected chi connectivity index (χ3v) is 3.08. The molecular weight excluding hydrogens is 254 g/mol. The predicted molar refractivity (Wildman–Crippen MR) is 78.6 cm³/mol. The van der Waals surface area contributed by atoms with E-state index in [1.807, 2.05) is 29.8 Å². The average molecular weight is 273 g/mol. The minimum absolute atomic E-state index is 0.195. The van der Waals surface area contributed by atoms with Crippen LogP contribution in [0, 0.1) is 0 Å². The molecule has 1 aromatic heterocycles. The Balaban J connectivity index is 1.92. The number of hydrogen-bond acceptors (Lipinski definition) is 4. The van der Waals surface area contributed by atoms with Crippen molar-refractivity contribution in [1.29, 1.82) is 0 Å². The van der Waals surface area contributed by atoms with E-state index in [0.29, 0.717) is 5.75 Å². The first-order chi connectivity index (χ1) is 9.70. The standard InChI is InChI=1S/C15H19N3O2/c1-12(14-5-4-13(20-2)10-15(14)19)17-6-3-8-18-9-7-16-11-18/h4-5,7,9-11,19H,3,6,8H2,1-2H3. The Morgan fingerprint density at radius 2 is 2.30 bits per heavy atom. The fourth-order valence-corrected chi connectivity index (χ4v) is 1.95. The summed E-state index contributed by atoms with van der Waals surface area (Å²) in [4.78, 5) is 8.49. The van der Waals surface area contributed by atoms with E-state index in [9.17, 15) is 5.11 Å². The molecule has 0 saturated heterocycles. The fraction of sp³-hybridized carbons (Fsp3) is 0.333. The van der Waals surface area contributed by atoms with E-state index in [4.69, 9.17) is 4.74 Å². The van der Waals surface area contributed by atoms with Crippen LogP contribution >= 0.6 is 0 Å². The Morgan fingerprint density at radius 3 is 2.95 bits per heavy atom. The summed E-state index contributed by atoms with van der Waals surface area (Å²) in [6.45, 7) is 3.51. The smallest absolute Gasteiger partial charge is 0.128 e. The van der Waals surface area contributed by atoms with Gasteiger partial charge in [-0.25, -0.2) is 4.98 Å². The number of methoxy groups -OCH3 is 1. The number of benzene rings is 1. The molecule has 0 radical (unpaired) electrons. The summed E-state index contributed by atoms with van der Waals surface area (Å²) in [7, 11) is 1.57. The molecule has 0 unspecified atom stereocenters. The van der Waals surface area contributed by atoms with Gasteiger partial charge in [-0.15, -0.1) is 0 Å². The molecule has 5 heteroatoms. The van der Waals surface area contributed by atoms with Crippen molar-refractivity contribution in [2.24, 2.45) is 4.99 Å². The number of aromatic nitrogens is 2. The van der Waals surface area contributed by atoms with Crippen LogP contribution in [0.15, 0.2) is 41.9 Å². The lowest BCUT2D eigenvalue weighted by Crippen LogP contribution is -2.00. The molecule has 0 atom stereocenters. The molecule has 1 aromatic carbocycles. The maximum atomic E-state index is 9.93. The molecule has 106 valence electrons. The van der Waals surface area contributed by atoms with Crippen LogP contribution in [-0.2, 0) is 6.54 Å². The topological polar surface area (TPSA) is 59.6 Å². The zero-order chi connectivity index (χ0) is 14.4. The van der Waals surface area contributed by atoms with Crippen molar-refractivity contribution in [2.75, 3.05) is 13.7 Å². The SMILES string of the molecule is COc1ccc(C(C)=NCCCn2ccnc2)c(O)c1. The Bertz CT molecular complexity index is 577. The van der Waals surface area contributed by atoms with Crippen molar-refractivity contribution in [3.63, 3.8) is 0 Å². The Hall–Kier alpha value is -2.30. The summed E-state index contributed by atoms with van der Waals surface area (Å²) in [6, 6.07) is 5.24. The Labute approximate surface area is 118 Å². The first-order valence-electron chi connectivity index (χ1n) is 6.55. The van der Waals surface area contributed by atoms with Gasteiger partial charge < -0.3 is 14.4 Å². The van der Waals surface area contributed by atoms with Crippen molar-refractivity contribution in [3.8, 4) is 11.5 Å². The molecule has 20 heavy (non-hydrogen) atoms. The van der Waals surface area contributed by atoms with Crippen LogP contribution in [0.5, 0.6) is 11.5 Å². The number of aromatic hydroxyl groups is 1. The van der Waals surface area contributed by atoms with Crippen molar-refractivity contribution < 1.29 is 9.84 Å². The summed E-state index contributed by atoms with van der Waals surface area (Å²) in [5.74, 6) is 0.833. The van der Waals surface area contributed by atoms with Crippen LogP contribution in [-0.4, -0.2) is 34.0 Å². The normalized spacial score (nSPS) is 11.6. The van der Waals surface area contributed by atoms with E-state index in [1.165, 1.54) is 0 Å². The van der Waals surface area contributed by atoms with Gasteiger partial charge in [0.1, 0.15) is 11.5 Å². The van der Waals surface area contributed by atoms with Gasteiger partial charge in [0.05, 0.1) is 13.4 Å². The quantitative estimate of drug-likeness (QED) is 0.650. The van der Waals surface area contributed by atoms with Crippen LogP contribution in [0.25, 0.3) is 0 Å². The van der Waals surface area contributed by atoms with E-state index >= 15 is 0 Å². The molecule has 5 nitrogen and oxygen atoms in total. The monoisotopic (exact) mass is 273 g/mol. The number of phenols is 1. The zero-order valence-electron chi connectivity index (χ0n) is 11.8. The van der Waals surface area contributed by atoms with E-state index < -0.39 is 0 Å². The molecule has 0 bridgehead atoms. The maximum absolute atomic E-state index is 9.93. The Morgan fingerprint density at radius 1 is 1.45 bits per heavy atom. The highest BCUT2D eigenvalue weighted by Gasteiger charge is 2.05. The first-order valence-corrected chi connectivity index (χ1v) is 6.55. The number of aryl methyl sites for hydroxylation is 1. The summed E-state index contributed by atoms with van der Waals surface area (Å²) in [6.07, 6.45) is 6.44. The van der Waals surface area contributed by atoms with Gasteiger partial charge in [0.15, 0.2) is 0 Å². The minimum Gasteiger partial charge on any atom is -0.507 e. The van der Waals surface area contributed by atoms with Gasteiger partial charge >= 0.3 is 0 Å². The molecule has 2 aromatic rings. The molecule has 0 saturated carbocycles. The maximum Gasteiger partial charge on any atom is 0.128 e. The number of phenolic OH excluding ortho intramolecular Hbond substituents is 1. The molecule has 1 N–H and O–H groups in total. The predicted octanol–water partition coefficient (Wildman–Crippen LogP) is 2.50. The van der Waals surface area contributed by atoms with Crippen LogP contribution in [0.3, 0.4) is 0 Å². The van der Waals surface area contributed by atoms with Gasteiger partial charge in [0.2, 0.25) is 0 Å². The summed E-state index contributed by atoms with van der Waals surface area (Å²) in [5.41, 5.74) is 1.57. The first kappa shape index (κ1) is 14.1. The second-order valence-electron chi connectivity index (χ2n) is 4.50. The molecule has 2 rings (SSSR count). The van der Waals surface area contributed by atoms with Crippen molar-refractivity contribution >= 4 is 5.71 Å². The third kappa shape index (κ3) is 3.60. The van der Waals surface area contributed by atoms with Gasteiger partial charge in [-0.1, -0.05) is 0 Å². The molecule has 1 heterocycles. The third-order valence-electron chi connectivity index (χ3n) is 3.08. The van der Waals surface area contributed by atoms with Gasteiger partial charge in [-0.05, 0) is 25.5 Å². The molecule has 0 amide bonds. The molecule has 0 spiro atoms. The van der Waals surface area contributed by atoms with Gasteiger partial charge in [-0.2, -0.15) is 0 Å². The van der Waals surface area contributed by atoms with Crippen LogP contribution in [0.4, 0.5) is 0 Å². The number of imidazole rings is 1. The lowest BCUT2D eigenvalue weighted by atomic mass is 10.1. The fourth-order valence-electron chi connectivity index (χ4n) is 1.95. The number of aliphatic imine (C=N–C) groups is 1.